The van der Waals surface area contributed by atoms with E-state index in [4.69, 9.17) is 4.74 Å². The van der Waals surface area contributed by atoms with E-state index in [1.165, 1.54) is 69.1 Å². The summed E-state index contributed by atoms with van der Waals surface area (Å²) in [6.45, 7) is 7.76. The van der Waals surface area contributed by atoms with Gasteiger partial charge in [0.25, 0.3) is 0 Å². The Morgan fingerprint density at radius 3 is 2.15 bits per heavy atom. The van der Waals surface area contributed by atoms with Gasteiger partial charge in [-0.2, -0.15) is 11.8 Å². The monoisotopic (exact) mass is 399 g/mol. The summed E-state index contributed by atoms with van der Waals surface area (Å²) < 4.78 is 5.39. The summed E-state index contributed by atoms with van der Waals surface area (Å²) in [5.74, 6) is 1.86. The van der Waals surface area contributed by atoms with Crippen molar-refractivity contribution in [1.82, 2.24) is 4.90 Å². The summed E-state index contributed by atoms with van der Waals surface area (Å²) in [5.41, 5.74) is -0.562. The topological polar surface area (TPSA) is 46.6 Å². The zero-order valence-corrected chi connectivity index (χ0v) is 18.9. The molecule has 1 aliphatic heterocycles. The fourth-order valence-electron chi connectivity index (χ4n) is 3.37. The smallest absolute Gasteiger partial charge is 0.417 e. The molecule has 1 heterocycles. The standard InChI is InChI=1S/C22H41NO3S/c1-5-6-7-8-9-10-11-12-13-14-17-27-18-19-15-16-20(24)23(19)21(25)26-22(2,3)4/h19H,5-18H2,1-4H3. The van der Waals surface area contributed by atoms with E-state index >= 15 is 0 Å². The third-order valence-corrected chi connectivity index (χ3v) is 6.07. The van der Waals surface area contributed by atoms with Crippen LogP contribution in [0.5, 0.6) is 0 Å². The molecule has 5 heteroatoms. The third kappa shape index (κ3) is 11.0. The number of thioether (sulfide) groups is 1. The third-order valence-electron chi connectivity index (χ3n) is 4.87. The van der Waals surface area contributed by atoms with Gasteiger partial charge in [0.15, 0.2) is 0 Å². The van der Waals surface area contributed by atoms with Crippen molar-refractivity contribution in [3.05, 3.63) is 0 Å². The maximum absolute atomic E-state index is 12.3. The molecule has 0 saturated carbocycles. The number of carbonyl (C=O) groups is 2. The molecule has 1 rings (SSSR count). The molecular formula is C22H41NO3S. The van der Waals surface area contributed by atoms with Crippen LogP contribution >= 0.6 is 11.8 Å². The molecule has 0 aromatic heterocycles. The van der Waals surface area contributed by atoms with E-state index in [2.05, 4.69) is 6.92 Å². The van der Waals surface area contributed by atoms with Gasteiger partial charge in [-0.3, -0.25) is 4.79 Å². The van der Waals surface area contributed by atoms with Gasteiger partial charge in [-0.05, 0) is 39.4 Å². The van der Waals surface area contributed by atoms with Crippen LogP contribution in [0.1, 0.15) is 105 Å². The van der Waals surface area contributed by atoms with E-state index in [9.17, 15) is 9.59 Å². The van der Waals surface area contributed by atoms with Crippen molar-refractivity contribution in [3.8, 4) is 0 Å². The Bertz CT molecular complexity index is 434. The number of carbonyl (C=O) groups excluding carboxylic acids is 2. The number of rotatable bonds is 13. The van der Waals surface area contributed by atoms with Gasteiger partial charge in [0.2, 0.25) is 5.91 Å². The molecule has 0 aliphatic carbocycles. The van der Waals surface area contributed by atoms with Gasteiger partial charge in [-0.25, -0.2) is 9.69 Å². The van der Waals surface area contributed by atoms with Crippen molar-refractivity contribution in [2.45, 2.75) is 116 Å². The molecule has 0 bridgehead atoms. The summed E-state index contributed by atoms with van der Waals surface area (Å²) >= 11 is 1.87. The molecule has 1 unspecified atom stereocenters. The highest BCUT2D eigenvalue weighted by molar-refractivity contribution is 7.99. The summed E-state index contributed by atoms with van der Waals surface area (Å²) in [7, 11) is 0. The molecule has 27 heavy (non-hydrogen) atoms. The fraction of sp³-hybridized carbons (Fsp3) is 0.909. The molecule has 1 fully saturated rings. The molecule has 1 aliphatic rings. The van der Waals surface area contributed by atoms with Gasteiger partial charge in [0, 0.05) is 12.2 Å². The number of hydrogen-bond donors (Lipinski definition) is 0. The average molecular weight is 400 g/mol. The lowest BCUT2D eigenvalue weighted by Gasteiger charge is -2.27. The van der Waals surface area contributed by atoms with Gasteiger partial charge >= 0.3 is 6.09 Å². The van der Waals surface area contributed by atoms with E-state index in [0.717, 1.165) is 17.9 Å². The Labute approximate surface area is 171 Å². The lowest BCUT2D eigenvalue weighted by molar-refractivity contribution is -0.127. The number of unbranched alkanes of at least 4 members (excludes halogenated alkanes) is 9. The quantitative estimate of drug-likeness (QED) is 0.329. The summed E-state index contributed by atoms with van der Waals surface area (Å²) in [6, 6.07) is 0.000436. The maximum atomic E-state index is 12.3. The van der Waals surface area contributed by atoms with Crippen LogP contribution in [0.25, 0.3) is 0 Å². The van der Waals surface area contributed by atoms with Crippen LogP contribution in [0.15, 0.2) is 0 Å². The lowest BCUT2D eigenvalue weighted by Crippen LogP contribution is -2.43. The second-order valence-corrected chi connectivity index (χ2v) is 9.84. The molecule has 158 valence electrons. The number of nitrogens with zero attached hydrogens (tertiary/aromatic N) is 1. The first-order valence-corrected chi connectivity index (χ1v) is 12.1. The molecule has 2 amide bonds. The molecule has 0 radical (unpaired) electrons. The number of hydrogen-bond acceptors (Lipinski definition) is 4. The first-order valence-electron chi connectivity index (χ1n) is 11.0. The van der Waals surface area contributed by atoms with E-state index < -0.39 is 11.7 Å². The van der Waals surface area contributed by atoms with Crippen molar-refractivity contribution in [1.29, 1.82) is 0 Å². The minimum atomic E-state index is -0.562. The van der Waals surface area contributed by atoms with Crippen LogP contribution in [-0.4, -0.2) is 40.0 Å². The van der Waals surface area contributed by atoms with E-state index in [0.29, 0.717) is 6.42 Å². The predicted octanol–water partition coefficient (Wildman–Crippen LogP) is 6.57. The lowest BCUT2D eigenvalue weighted by atomic mass is 10.1. The summed E-state index contributed by atoms with van der Waals surface area (Å²) in [4.78, 5) is 25.7. The van der Waals surface area contributed by atoms with Gasteiger partial charge in [0.1, 0.15) is 5.60 Å². The number of likely N-dealkylation sites (tertiary alicyclic amines) is 1. The average Bonchev–Trinajstić information content (AvgIpc) is 2.95. The predicted molar refractivity (Wildman–Crippen MR) is 115 cm³/mol. The Morgan fingerprint density at radius 1 is 1.04 bits per heavy atom. The molecular weight excluding hydrogens is 358 g/mol. The largest absolute Gasteiger partial charge is 0.443 e. The van der Waals surface area contributed by atoms with Crippen LogP contribution in [0.2, 0.25) is 0 Å². The zero-order chi connectivity index (χ0) is 20.1. The fourth-order valence-corrected chi connectivity index (χ4v) is 4.54. The van der Waals surface area contributed by atoms with E-state index in [1.54, 1.807) is 0 Å². The van der Waals surface area contributed by atoms with Crippen LogP contribution in [0, 0.1) is 0 Å². The van der Waals surface area contributed by atoms with E-state index in [-0.39, 0.29) is 11.9 Å². The Hall–Kier alpha value is -0.710. The van der Waals surface area contributed by atoms with Crippen molar-refractivity contribution in [2.24, 2.45) is 0 Å². The minimum absolute atomic E-state index is 0.000436. The van der Waals surface area contributed by atoms with Crippen LogP contribution in [0.3, 0.4) is 0 Å². The van der Waals surface area contributed by atoms with E-state index in [1.807, 2.05) is 32.5 Å². The van der Waals surface area contributed by atoms with Crippen LogP contribution in [0.4, 0.5) is 4.79 Å². The van der Waals surface area contributed by atoms with Gasteiger partial charge in [0.05, 0.1) is 6.04 Å². The SMILES string of the molecule is CCCCCCCCCCCCSCC1CCC(=O)N1C(=O)OC(C)(C)C. The number of imide groups is 1. The normalized spacial score (nSPS) is 17.6. The highest BCUT2D eigenvalue weighted by atomic mass is 32.2. The van der Waals surface area contributed by atoms with Crippen molar-refractivity contribution in [2.75, 3.05) is 11.5 Å². The second kappa shape index (κ2) is 13.5. The van der Waals surface area contributed by atoms with Gasteiger partial charge in [-0.1, -0.05) is 64.7 Å². The molecule has 4 nitrogen and oxygen atoms in total. The first kappa shape index (κ1) is 24.3. The Kier molecular flexibility index (Phi) is 12.1. The highest BCUT2D eigenvalue weighted by Crippen LogP contribution is 2.25. The molecule has 1 atom stereocenters. The van der Waals surface area contributed by atoms with Crippen molar-refractivity contribution < 1.29 is 14.3 Å². The molecule has 0 N–H and O–H groups in total. The summed E-state index contributed by atoms with van der Waals surface area (Å²) in [6.07, 6.45) is 14.2. The second-order valence-electron chi connectivity index (χ2n) is 8.69. The van der Waals surface area contributed by atoms with Crippen molar-refractivity contribution >= 4 is 23.8 Å². The van der Waals surface area contributed by atoms with Gasteiger partial charge in [-0.15, -0.1) is 0 Å². The maximum Gasteiger partial charge on any atom is 0.417 e. The Morgan fingerprint density at radius 2 is 1.59 bits per heavy atom. The molecule has 0 spiro atoms. The Balaban J connectivity index is 2.08. The number of amides is 2. The van der Waals surface area contributed by atoms with Crippen LogP contribution in [-0.2, 0) is 9.53 Å². The van der Waals surface area contributed by atoms with Gasteiger partial charge < -0.3 is 4.74 Å². The summed E-state index contributed by atoms with van der Waals surface area (Å²) in [5, 5.41) is 0. The minimum Gasteiger partial charge on any atom is -0.443 e. The molecule has 0 aromatic rings. The van der Waals surface area contributed by atoms with Crippen molar-refractivity contribution in [3.63, 3.8) is 0 Å². The van der Waals surface area contributed by atoms with Crippen LogP contribution < -0.4 is 0 Å². The first-order chi connectivity index (χ1) is 12.8. The highest BCUT2D eigenvalue weighted by Gasteiger charge is 2.38. The molecule has 0 aromatic carbocycles. The number of ether oxygens (including phenoxy) is 1. The molecule has 1 saturated heterocycles. The zero-order valence-electron chi connectivity index (χ0n) is 18.1.